The highest BCUT2D eigenvalue weighted by Crippen LogP contribution is 2.20. The lowest BCUT2D eigenvalue weighted by atomic mass is 10.0. The van der Waals surface area contributed by atoms with Crippen molar-refractivity contribution in [1.82, 2.24) is 9.97 Å². The van der Waals surface area contributed by atoms with Crippen LogP contribution in [0.15, 0.2) is 6.33 Å². The summed E-state index contributed by atoms with van der Waals surface area (Å²) in [6.07, 6.45) is 8.43. The zero-order valence-corrected chi connectivity index (χ0v) is 11.9. The van der Waals surface area contributed by atoms with Gasteiger partial charge in [0, 0.05) is 11.6 Å². The van der Waals surface area contributed by atoms with Crippen molar-refractivity contribution in [2.24, 2.45) is 0 Å². The topological polar surface area (TPSA) is 63.8 Å². The molecule has 4 nitrogen and oxygen atoms in total. The van der Waals surface area contributed by atoms with Gasteiger partial charge in [0.15, 0.2) is 0 Å². The summed E-state index contributed by atoms with van der Waals surface area (Å²) in [7, 11) is 0. The highest BCUT2D eigenvalue weighted by atomic mass is 15.1. The highest BCUT2D eigenvalue weighted by molar-refractivity contribution is 5.55. The van der Waals surface area contributed by atoms with Gasteiger partial charge in [-0.1, -0.05) is 40.0 Å². The summed E-state index contributed by atoms with van der Waals surface area (Å²) < 4.78 is 0. The Labute approximate surface area is 110 Å². The summed E-state index contributed by atoms with van der Waals surface area (Å²) in [4.78, 5) is 8.39. The van der Waals surface area contributed by atoms with E-state index in [1.807, 2.05) is 0 Å². The van der Waals surface area contributed by atoms with Gasteiger partial charge in [-0.05, 0) is 19.3 Å². The Morgan fingerprint density at radius 1 is 1.17 bits per heavy atom. The van der Waals surface area contributed by atoms with Gasteiger partial charge in [0.2, 0.25) is 0 Å². The van der Waals surface area contributed by atoms with Crippen molar-refractivity contribution in [3.05, 3.63) is 11.9 Å². The molecular formula is C14H26N4. The van der Waals surface area contributed by atoms with E-state index in [1.165, 1.54) is 32.1 Å². The molecular weight excluding hydrogens is 224 g/mol. The zero-order valence-electron chi connectivity index (χ0n) is 11.9. The minimum atomic E-state index is 0.495. The minimum Gasteiger partial charge on any atom is -0.383 e. The summed E-state index contributed by atoms with van der Waals surface area (Å²) in [5.41, 5.74) is 6.93. The van der Waals surface area contributed by atoms with Crippen molar-refractivity contribution >= 4 is 11.6 Å². The standard InChI is InChI=1S/C14H26N4/c1-4-7-9-11(8-5-2)18-14-12(6-3)13(15)16-10-17-14/h10-11H,4-9H2,1-3H3,(H3,15,16,17,18). The molecule has 0 amide bonds. The molecule has 0 aromatic carbocycles. The van der Waals surface area contributed by atoms with Crippen LogP contribution in [0.4, 0.5) is 11.6 Å². The Bertz CT molecular complexity index is 352. The number of nitrogens with two attached hydrogens (primary N) is 1. The number of anilines is 2. The molecule has 0 fully saturated rings. The normalized spacial score (nSPS) is 12.4. The van der Waals surface area contributed by atoms with Crippen molar-refractivity contribution in [2.45, 2.75) is 65.3 Å². The van der Waals surface area contributed by atoms with Crippen molar-refractivity contribution < 1.29 is 0 Å². The minimum absolute atomic E-state index is 0.495. The molecule has 0 aliphatic heterocycles. The molecule has 0 aliphatic rings. The molecule has 1 aromatic rings. The first kappa shape index (κ1) is 14.7. The van der Waals surface area contributed by atoms with Crippen LogP contribution in [0.1, 0.15) is 58.4 Å². The molecule has 1 aromatic heterocycles. The SMILES string of the molecule is CCCCC(CCC)Nc1ncnc(N)c1CC. The van der Waals surface area contributed by atoms with Crippen LogP contribution in [0.5, 0.6) is 0 Å². The number of rotatable bonds is 8. The average Bonchev–Trinajstić information content (AvgIpc) is 2.36. The maximum atomic E-state index is 5.89. The van der Waals surface area contributed by atoms with Crippen molar-refractivity contribution in [3.8, 4) is 0 Å². The Morgan fingerprint density at radius 2 is 1.94 bits per heavy atom. The number of hydrogen-bond acceptors (Lipinski definition) is 4. The van der Waals surface area contributed by atoms with Crippen LogP contribution in [-0.2, 0) is 6.42 Å². The van der Waals surface area contributed by atoms with Crippen molar-refractivity contribution in [2.75, 3.05) is 11.1 Å². The Balaban J connectivity index is 2.76. The lowest BCUT2D eigenvalue weighted by molar-refractivity contribution is 0.562. The second kappa shape index (κ2) is 7.90. The third-order valence-electron chi connectivity index (χ3n) is 3.22. The molecule has 4 heteroatoms. The Morgan fingerprint density at radius 3 is 2.56 bits per heavy atom. The average molecular weight is 250 g/mol. The van der Waals surface area contributed by atoms with E-state index in [9.17, 15) is 0 Å². The molecule has 0 radical (unpaired) electrons. The summed E-state index contributed by atoms with van der Waals surface area (Å²) >= 11 is 0. The molecule has 1 rings (SSSR count). The summed E-state index contributed by atoms with van der Waals surface area (Å²) in [5, 5.41) is 3.54. The quantitative estimate of drug-likeness (QED) is 0.742. The van der Waals surface area contributed by atoms with Gasteiger partial charge in [-0.15, -0.1) is 0 Å². The van der Waals surface area contributed by atoms with Crippen LogP contribution in [0, 0.1) is 0 Å². The number of unbranched alkanes of at least 4 members (excludes halogenated alkanes) is 1. The summed E-state index contributed by atoms with van der Waals surface area (Å²) in [6.45, 7) is 6.53. The van der Waals surface area contributed by atoms with Crippen molar-refractivity contribution in [1.29, 1.82) is 0 Å². The fourth-order valence-corrected chi connectivity index (χ4v) is 2.18. The van der Waals surface area contributed by atoms with Crippen LogP contribution in [0.25, 0.3) is 0 Å². The van der Waals surface area contributed by atoms with Crippen molar-refractivity contribution in [3.63, 3.8) is 0 Å². The van der Waals surface area contributed by atoms with E-state index in [0.29, 0.717) is 11.9 Å². The van der Waals surface area contributed by atoms with E-state index in [1.54, 1.807) is 6.33 Å². The largest absolute Gasteiger partial charge is 0.383 e. The van der Waals surface area contributed by atoms with Gasteiger partial charge in [-0.3, -0.25) is 0 Å². The van der Waals surface area contributed by atoms with E-state index in [-0.39, 0.29) is 0 Å². The van der Waals surface area contributed by atoms with E-state index in [0.717, 1.165) is 17.8 Å². The Kier molecular flexibility index (Phi) is 6.47. The van der Waals surface area contributed by atoms with E-state index in [4.69, 9.17) is 5.73 Å². The maximum Gasteiger partial charge on any atom is 0.134 e. The molecule has 3 N–H and O–H groups in total. The summed E-state index contributed by atoms with van der Waals surface area (Å²) in [6, 6.07) is 0.495. The molecule has 0 saturated heterocycles. The van der Waals surface area contributed by atoms with Gasteiger partial charge in [0.25, 0.3) is 0 Å². The second-order valence-corrected chi connectivity index (χ2v) is 4.71. The number of aromatic nitrogens is 2. The van der Waals surface area contributed by atoms with Gasteiger partial charge in [-0.25, -0.2) is 9.97 Å². The third-order valence-corrected chi connectivity index (χ3v) is 3.22. The Hall–Kier alpha value is -1.32. The fraction of sp³-hybridized carbons (Fsp3) is 0.714. The molecule has 18 heavy (non-hydrogen) atoms. The number of nitrogen functional groups attached to an aromatic ring is 1. The van der Waals surface area contributed by atoms with Crippen LogP contribution in [0.2, 0.25) is 0 Å². The maximum absolute atomic E-state index is 5.89. The van der Waals surface area contributed by atoms with Gasteiger partial charge in [-0.2, -0.15) is 0 Å². The molecule has 1 heterocycles. The molecule has 0 saturated carbocycles. The first-order valence-electron chi connectivity index (χ1n) is 7.08. The molecule has 0 spiro atoms. The first-order valence-corrected chi connectivity index (χ1v) is 7.08. The first-order chi connectivity index (χ1) is 8.72. The zero-order chi connectivity index (χ0) is 13.4. The highest BCUT2D eigenvalue weighted by Gasteiger charge is 2.12. The second-order valence-electron chi connectivity index (χ2n) is 4.71. The lowest BCUT2D eigenvalue weighted by Crippen LogP contribution is -2.21. The van der Waals surface area contributed by atoms with Gasteiger partial charge >= 0.3 is 0 Å². The van der Waals surface area contributed by atoms with E-state index >= 15 is 0 Å². The molecule has 0 bridgehead atoms. The predicted octanol–water partition coefficient (Wildman–Crippen LogP) is 3.39. The van der Waals surface area contributed by atoms with Gasteiger partial charge in [0.05, 0.1) is 0 Å². The third kappa shape index (κ3) is 4.17. The van der Waals surface area contributed by atoms with E-state index in [2.05, 4.69) is 36.1 Å². The van der Waals surface area contributed by atoms with Gasteiger partial charge in [0.1, 0.15) is 18.0 Å². The predicted molar refractivity (Wildman–Crippen MR) is 77.7 cm³/mol. The van der Waals surface area contributed by atoms with Crippen LogP contribution in [-0.4, -0.2) is 16.0 Å². The molecule has 1 unspecified atom stereocenters. The van der Waals surface area contributed by atoms with Crippen LogP contribution >= 0.6 is 0 Å². The smallest absolute Gasteiger partial charge is 0.134 e. The summed E-state index contributed by atoms with van der Waals surface area (Å²) in [5.74, 6) is 1.51. The number of hydrogen-bond donors (Lipinski definition) is 2. The monoisotopic (exact) mass is 250 g/mol. The molecule has 102 valence electrons. The molecule has 0 aliphatic carbocycles. The lowest BCUT2D eigenvalue weighted by Gasteiger charge is -2.20. The number of nitrogens with zero attached hydrogens (tertiary/aromatic N) is 2. The van der Waals surface area contributed by atoms with E-state index < -0.39 is 0 Å². The van der Waals surface area contributed by atoms with Crippen LogP contribution < -0.4 is 11.1 Å². The fourth-order valence-electron chi connectivity index (χ4n) is 2.18. The van der Waals surface area contributed by atoms with Crippen LogP contribution in [0.3, 0.4) is 0 Å². The number of nitrogens with one attached hydrogen (secondary N) is 1. The van der Waals surface area contributed by atoms with Gasteiger partial charge < -0.3 is 11.1 Å². The molecule has 1 atom stereocenters.